The smallest absolute Gasteiger partial charge is 0.222 e. The molecule has 1 aliphatic rings. The van der Waals surface area contributed by atoms with E-state index in [-0.39, 0.29) is 11.5 Å². The van der Waals surface area contributed by atoms with Gasteiger partial charge in [-0.2, -0.15) is 0 Å². The Hall–Kier alpha value is -0.280. The highest BCUT2D eigenvalue weighted by Gasteiger charge is 2.38. The highest BCUT2D eigenvalue weighted by Crippen LogP contribution is 2.37. The van der Waals surface area contributed by atoms with Crippen LogP contribution in [0, 0.1) is 0 Å². The summed E-state index contributed by atoms with van der Waals surface area (Å²) in [5.41, 5.74) is -0.153. The summed E-state index contributed by atoms with van der Waals surface area (Å²) in [5.74, 6) is 0.827. The van der Waals surface area contributed by atoms with Crippen LogP contribution in [0.25, 0.3) is 0 Å². The zero-order valence-corrected chi connectivity index (χ0v) is 10.8. The first-order valence-corrected chi connectivity index (χ1v) is 6.64. The van der Waals surface area contributed by atoms with Gasteiger partial charge in [-0.15, -0.1) is 11.6 Å². The normalized spacial score (nSPS) is 17.9. The van der Waals surface area contributed by atoms with E-state index in [1.807, 2.05) is 0 Å². The van der Waals surface area contributed by atoms with E-state index in [9.17, 15) is 4.79 Å². The Morgan fingerprint density at radius 1 is 1.38 bits per heavy atom. The molecular weight excluding hydrogens is 226 g/mol. The van der Waals surface area contributed by atoms with Crippen LogP contribution in [0.4, 0.5) is 0 Å². The van der Waals surface area contributed by atoms with E-state index in [1.54, 1.807) is 7.11 Å². The molecule has 0 unspecified atom stereocenters. The molecule has 16 heavy (non-hydrogen) atoms. The predicted octanol–water partition coefficient (Wildman–Crippen LogP) is 2.47. The quantitative estimate of drug-likeness (QED) is 0.529. The Morgan fingerprint density at radius 3 is 2.62 bits per heavy atom. The van der Waals surface area contributed by atoms with E-state index in [2.05, 4.69) is 5.32 Å². The molecule has 0 bridgehead atoms. The van der Waals surface area contributed by atoms with Crippen molar-refractivity contribution >= 4 is 17.5 Å². The van der Waals surface area contributed by atoms with Gasteiger partial charge in [0.15, 0.2) is 0 Å². The van der Waals surface area contributed by atoms with Crippen molar-refractivity contribution in [2.24, 2.45) is 0 Å². The zero-order valence-electron chi connectivity index (χ0n) is 10.1. The van der Waals surface area contributed by atoms with Gasteiger partial charge in [-0.1, -0.05) is 6.42 Å². The van der Waals surface area contributed by atoms with Crippen LogP contribution in [0.1, 0.15) is 44.9 Å². The highest BCUT2D eigenvalue weighted by molar-refractivity contribution is 6.17. The van der Waals surface area contributed by atoms with E-state index in [1.165, 1.54) is 6.42 Å². The summed E-state index contributed by atoms with van der Waals surface area (Å²) < 4.78 is 5.41. The van der Waals surface area contributed by atoms with Gasteiger partial charge < -0.3 is 10.1 Å². The van der Waals surface area contributed by atoms with Crippen LogP contribution >= 0.6 is 11.6 Å². The molecule has 0 atom stereocenters. The number of carbonyl (C=O) groups excluding carboxylic acids is 1. The lowest BCUT2D eigenvalue weighted by Gasteiger charge is -2.39. The third-order valence-corrected chi connectivity index (χ3v) is 3.58. The Morgan fingerprint density at radius 2 is 2.12 bits per heavy atom. The lowest BCUT2D eigenvalue weighted by atomic mass is 9.77. The fourth-order valence-corrected chi connectivity index (χ4v) is 2.19. The van der Waals surface area contributed by atoms with E-state index in [4.69, 9.17) is 16.3 Å². The number of alkyl halides is 1. The summed E-state index contributed by atoms with van der Waals surface area (Å²) in [6.07, 6.45) is 6.85. The number of unbranched alkanes of at least 4 members (excludes halogenated alkanes) is 2. The van der Waals surface area contributed by atoms with Crippen molar-refractivity contribution in [2.45, 2.75) is 50.5 Å². The first-order valence-electron chi connectivity index (χ1n) is 6.10. The van der Waals surface area contributed by atoms with Crippen LogP contribution < -0.4 is 5.32 Å². The van der Waals surface area contributed by atoms with Gasteiger partial charge in [-0.25, -0.2) is 0 Å². The van der Waals surface area contributed by atoms with Crippen molar-refractivity contribution in [3.8, 4) is 0 Å². The molecule has 0 aliphatic heterocycles. The summed E-state index contributed by atoms with van der Waals surface area (Å²) in [6, 6.07) is 0. The number of hydrogen-bond acceptors (Lipinski definition) is 2. The van der Waals surface area contributed by atoms with Gasteiger partial charge in [-0.3, -0.25) is 4.79 Å². The van der Waals surface area contributed by atoms with Crippen LogP contribution in [0.5, 0.6) is 0 Å². The Kier molecular flexibility index (Phi) is 6.14. The molecule has 94 valence electrons. The summed E-state index contributed by atoms with van der Waals surface area (Å²) in [6.45, 7) is 0.759. The molecule has 0 heterocycles. The van der Waals surface area contributed by atoms with Crippen LogP contribution in [0.3, 0.4) is 0 Å². The van der Waals surface area contributed by atoms with E-state index >= 15 is 0 Å². The van der Waals surface area contributed by atoms with Crippen molar-refractivity contribution in [1.29, 1.82) is 0 Å². The van der Waals surface area contributed by atoms with Crippen LogP contribution in [-0.4, -0.2) is 31.0 Å². The number of methoxy groups -OCH3 is 1. The van der Waals surface area contributed by atoms with Crippen LogP contribution in [-0.2, 0) is 9.53 Å². The molecule has 1 amide bonds. The minimum Gasteiger partial charge on any atom is -0.378 e. The molecule has 1 rings (SSSR count). The Balaban J connectivity index is 2.06. The molecule has 4 heteroatoms. The summed E-state index contributed by atoms with van der Waals surface area (Å²) in [5, 5.41) is 2.94. The number of amides is 1. The molecule has 1 fully saturated rings. The first kappa shape index (κ1) is 13.8. The number of nitrogens with one attached hydrogen (secondary N) is 1. The Labute approximate surface area is 103 Å². The number of ether oxygens (including phenoxy) is 1. The molecule has 1 N–H and O–H groups in total. The fraction of sp³-hybridized carbons (Fsp3) is 0.917. The Bertz CT molecular complexity index is 212. The molecule has 0 saturated heterocycles. The molecule has 0 spiro atoms. The first-order chi connectivity index (χ1) is 7.72. The average molecular weight is 248 g/mol. The molecule has 0 aromatic carbocycles. The van der Waals surface area contributed by atoms with Crippen LogP contribution in [0.2, 0.25) is 0 Å². The van der Waals surface area contributed by atoms with Gasteiger partial charge in [0.2, 0.25) is 5.91 Å². The number of halogens is 1. The highest BCUT2D eigenvalue weighted by atomic mass is 35.5. The fourth-order valence-electron chi connectivity index (χ4n) is 2.00. The predicted molar refractivity (Wildman–Crippen MR) is 65.8 cm³/mol. The maximum atomic E-state index is 11.6. The molecule has 1 saturated carbocycles. The molecule has 0 aromatic heterocycles. The lowest BCUT2D eigenvalue weighted by Crippen LogP contribution is -2.44. The zero-order chi connectivity index (χ0) is 11.9. The monoisotopic (exact) mass is 247 g/mol. The van der Waals surface area contributed by atoms with E-state index in [0.29, 0.717) is 12.3 Å². The molecule has 3 nitrogen and oxygen atoms in total. The molecule has 0 aromatic rings. The second-order valence-corrected chi connectivity index (χ2v) is 4.90. The van der Waals surface area contributed by atoms with E-state index in [0.717, 1.165) is 38.6 Å². The average Bonchev–Trinajstić information content (AvgIpc) is 2.23. The number of hydrogen-bond donors (Lipinski definition) is 1. The molecule has 0 radical (unpaired) electrons. The topological polar surface area (TPSA) is 38.3 Å². The van der Waals surface area contributed by atoms with Crippen molar-refractivity contribution in [3.63, 3.8) is 0 Å². The second-order valence-electron chi connectivity index (χ2n) is 4.52. The van der Waals surface area contributed by atoms with Crippen LogP contribution in [0.15, 0.2) is 0 Å². The van der Waals surface area contributed by atoms with Crippen molar-refractivity contribution < 1.29 is 9.53 Å². The van der Waals surface area contributed by atoms with Crippen molar-refractivity contribution in [3.05, 3.63) is 0 Å². The summed E-state index contributed by atoms with van der Waals surface area (Å²) in [4.78, 5) is 11.6. The van der Waals surface area contributed by atoms with Gasteiger partial charge in [-0.05, 0) is 32.1 Å². The second kappa shape index (κ2) is 7.13. The molecular formula is C12H22ClNO2. The maximum Gasteiger partial charge on any atom is 0.222 e. The van der Waals surface area contributed by atoms with Gasteiger partial charge in [0.25, 0.3) is 0 Å². The third-order valence-electron chi connectivity index (χ3n) is 3.31. The number of carbonyl (C=O) groups is 1. The summed E-state index contributed by atoms with van der Waals surface area (Å²) in [7, 11) is 1.70. The maximum absolute atomic E-state index is 11.6. The lowest BCUT2D eigenvalue weighted by molar-refractivity contribution is -0.134. The SMILES string of the molecule is COC1(CC(=O)NCCCCCCl)CCC1. The standard InChI is InChI=1S/C12H22ClNO2/c1-16-12(6-5-7-12)10-11(15)14-9-4-2-3-8-13/h2-10H2,1H3,(H,14,15). The summed E-state index contributed by atoms with van der Waals surface area (Å²) >= 11 is 5.57. The van der Waals surface area contributed by atoms with Crippen molar-refractivity contribution in [2.75, 3.05) is 19.5 Å². The minimum absolute atomic E-state index is 0.118. The van der Waals surface area contributed by atoms with Gasteiger partial charge in [0, 0.05) is 19.5 Å². The molecule has 1 aliphatic carbocycles. The largest absolute Gasteiger partial charge is 0.378 e. The third kappa shape index (κ3) is 4.30. The van der Waals surface area contributed by atoms with E-state index < -0.39 is 0 Å². The number of rotatable bonds is 8. The van der Waals surface area contributed by atoms with Gasteiger partial charge in [0.1, 0.15) is 0 Å². The minimum atomic E-state index is -0.153. The van der Waals surface area contributed by atoms with Crippen molar-refractivity contribution in [1.82, 2.24) is 5.32 Å². The van der Waals surface area contributed by atoms with Gasteiger partial charge >= 0.3 is 0 Å². The van der Waals surface area contributed by atoms with Gasteiger partial charge in [0.05, 0.1) is 12.0 Å².